The van der Waals surface area contributed by atoms with Crippen LogP contribution in [0.1, 0.15) is 28.7 Å². The molecule has 3 nitrogen and oxygen atoms in total. The average Bonchev–Trinajstić information content (AvgIpc) is 3.33. The van der Waals surface area contributed by atoms with Crippen molar-refractivity contribution >= 4 is 46.5 Å². The molecule has 0 radical (unpaired) electrons. The molecule has 0 unspecified atom stereocenters. The lowest BCUT2D eigenvalue weighted by molar-refractivity contribution is -0.143. The molecule has 0 saturated carbocycles. The molecule has 0 spiro atoms. The first-order valence-corrected chi connectivity index (χ1v) is 14.5. The normalized spacial score (nSPS) is 17.7. The molecular weight excluding hydrogens is 589 g/mol. The van der Waals surface area contributed by atoms with Crippen LogP contribution in [-0.4, -0.2) is 28.3 Å². The highest BCUT2D eigenvalue weighted by atomic mass is 32.2. The van der Waals surface area contributed by atoms with E-state index < -0.39 is 23.5 Å². The Labute approximate surface area is 242 Å². The number of anilines is 1. The smallest absolute Gasteiger partial charge is 0.358 e. The maximum absolute atomic E-state index is 13.2. The molecule has 1 aliphatic rings. The standard InChI is InChI=1S/C28H27F6N3S3/c1-16-3-7-22(8-4-16)39-25(40-23-9-5-17(2)6-10-23)24-14-21(15-35-24)37-26(38)36-20-12-18(27(29,30)31)11-19(13-20)28(32,33)34/h3-13,21,24-25,35H,14-15H2,1-2H3,(H2,36,37,38)/t21-,24+/m1/s1. The van der Waals surface area contributed by atoms with Crippen molar-refractivity contribution in [2.75, 3.05) is 11.9 Å². The maximum Gasteiger partial charge on any atom is 0.416 e. The van der Waals surface area contributed by atoms with Gasteiger partial charge in [-0.15, -0.1) is 23.5 Å². The number of thioether (sulfide) groups is 2. The van der Waals surface area contributed by atoms with E-state index in [-0.39, 0.29) is 33.5 Å². The summed E-state index contributed by atoms with van der Waals surface area (Å²) in [6.45, 7) is 4.59. The summed E-state index contributed by atoms with van der Waals surface area (Å²) >= 11 is 8.73. The molecule has 1 aliphatic heterocycles. The van der Waals surface area contributed by atoms with Crippen LogP contribution < -0.4 is 16.0 Å². The number of alkyl halides is 6. The molecule has 2 atom stereocenters. The van der Waals surface area contributed by atoms with Gasteiger partial charge in [-0.3, -0.25) is 0 Å². The Morgan fingerprint density at radius 2 is 1.30 bits per heavy atom. The molecule has 3 N–H and O–H groups in total. The maximum atomic E-state index is 13.2. The second-order valence-electron chi connectivity index (χ2n) is 9.57. The summed E-state index contributed by atoms with van der Waals surface area (Å²) in [7, 11) is 0. The van der Waals surface area contributed by atoms with Crippen molar-refractivity contribution in [3.05, 3.63) is 89.0 Å². The molecule has 4 rings (SSSR count). The Morgan fingerprint density at radius 3 is 1.75 bits per heavy atom. The Bertz CT molecular complexity index is 1230. The molecule has 0 bridgehead atoms. The zero-order chi connectivity index (χ0) is 29.1. The predicted molar refractivity (Wildman–Crippen MR) is 154 cm³/mol. The molecule has 214 valence electrons. The minimum absolute atomic E-state index is 0.0474. The topological polar surface area (TPSA) is 36.1 Å². The minimum Gasteiger partial charge on any atom is -0.358 e. The molecule has 0 aliphatic carbocycles. The molecule has 12 heteroatoms. The van der Waals surface area contributed by atoms with E-state index in [2.05, 4.69) is 64.5 Å². The molecule has 40 heavy (non-hydrogen) atoms. The minimum atomic E-state index is -4.94. The van der Waals surface area contributed by atoms with Crippen molar-refractivity contribution in [1.29, 1.82) is 0 Å². The molecule has 3 aromatic carbocycles. The SMILES string of the molecule is Cc1ccc(SC(Sc2ccc(C)cc2)[C@@H]2C[C@@H](NC(=S)Nc3cc(C(F)(F)F)cc(C(F)(F)F)c3)CN2)cc1. The van der Waals surface area contributed by atoms with Gasteiger partial charge in [0.15, 0.2) is 5.11 Å². The number of hydrogen-bond donors (Lipinski definition) is 3. The first-order chi connectivity index (χ1) is 18.8. The van der Waals surface area contributed by atoms with Gasteiger partial charge in [-0.2, -0.15) is 26.3 Å². The van der Waals surface area contributed by atoms with Crippen LogP contribution in [0.3, 0.4) is 0 Å². The van der Waals surface area contributed by atoms with Gasteiger partial charge in [0.2, 0.25) is 0 Å². The molecular formula is C28H27F6N3S3. The highest BCUT2D eigenvalue weighted by Crippen LogP contribution is 2.40. The first kappa shape index (κ1) is 30.5. The number of thiocarbonyl (C=S) groups is 1. The summed E-state index contributed by atoms with van der Waals surface area (Å²) in [6.07, 6.45) is -9.22. The number of nitrogens with one attached hydrogen (secondary N) is 3. The van der Waals surface area contributed by atoms with E-state index >= 15 is 0 Å². The molecule has 0 aromatic heterocycles. The average molecular weight is 616 g/mol. The fraction of sp³-hybridized carbons (Fsp3) is 0.321. The molecule has 1 saturated heterocycles. The van der Waals surface area contributed by atoms with E-state index in [1.54, 1.807) is 23.5 Å². The van der Waals surface area contributed by atoms with Crippen LogP contribution in [0.2, 0.25) is 0 Å². The van der Waals surface area contributed by atoms with Crippen LogP contribution in [0, 0.1) is 13.8 Å². The van der Waals surface area contributed by atoms with Gasteiger partial charge >= 0.3 is 12.4 Å². The Kier molecular flexibility index (Phi) is 9.64. The Balaban J connectivity index is 1.44. The first-order valence-electron chi connectivity index (χ1n) is 12.3. The zero-order valence-corrected chi connectivity index (χ0v) is 23.9. The van der Waals surface area contributed by atoms with Crippen molar-refractivity contribution in [1.82, 2.24) is 10.6 Å². The Morgan fingerprint density at radius 1 is 0.825 bits per heavy atom. The summed E-state index contributed by atoms with van der Waals surface area (Å²) < 4.78 is 79.4. The van der Waals surface area contributed by atoms with Crippen LogP contribution in [0.15, 0.2) is 76.5 Å². The third kappa shape index (κ3) is 8.55. The van der Waals surface area contributed by atoms with Crippen molar-refractivity contribution in [2.45, 2.75) is 59.1 Å². The highest BCUT2D eigenvalue weighted by Gasteiger charge is 2.37. The highest BCUT2D eigenvalue weighted by molar-refractivity contribution is 8.17. The van der Waals surface area contributed by atoms with Crippen LogP contribution in [-0.2, 0) is 12.4 Å². The summed E-state index contributed by atoms with van der Waals surface area (Å²) in [5.41, 5.74) is -0.859. The van der Waals surface area contributed by atoms with Crippen molar-refractivity contribution < 1.29 is 26.3 Å². The number of hydrogen-bond acceptors (Lipinski definition) is 4. The van der Waals surface area contributed by atoms with Crippen LogP contribution >= 0.6 is 35.7 Å². The predicted octanol–water partition coefficient (Wildman–Crippen LogP) is 8.27. The van der Waals surface area contributed by atoms with Gasteiger partial charge in [0, 0.05) is 34.1 Å². The number of aryl methyl sites for hydroxylation is 2. The van der Waals surface area contributed by atoms with Gasteiger partial charge in [-0.1, -0.05) is 35.4 Å². The third-order valence-corrected chi connectivity index (χ3v) is 9.23. The zero-order valence-electron chi connectivity index (χ0n) is 21.5. The van der Waals surface area contributed by atoms with Gasteiger partial charge in [0.25, 0.3) is 0 Å². The van der Waals surface area contributed by atoms with Crippen molar-refractivity contribution in [3.8, 4) is 0 Å². The summed E-state index contributed by atoms with van der Waals surface area (Å²) in [5, 5.41) is 9.02. The van der Waals surface area contributed by atoms with E-state index in [4.69, 9.17) is 12.2 Å². The second kappa shape index (κ2) is 12.6. The summed E-state index contributed by atoms with van der Waals surface area (Å²) in [4.78, 5) is 2.24. The van der Waals surface area contributed by atoms with E-state index in [0.717, 1.165) is 9.79 Å². The molecule has 0 amide bonds. The summed E-state index contributed by atoms with van der Waals surface area (Å²) in [5.74, 6) is 0. The molecule has 3 aromatic rings. The quantitative estimate of drug-likeness (QED) is 0.108. The van der Waals surface area contributed by atoms with E-state index in [1.165, 1.54) is 11.1 Å². The van der Waals surface area contributed by atoms with Gasteiger partial charge < -0.3 is 16.0 Å². The summed E-state index contributed by atoms with van der Waals surface area (Å²) in [6, 6.07) is 17.8. The number of halogens is 6. The second-order valence-corrected chi connectivity index (χ2v) is 12.7. The number of rotatable bonds is 7. The monoisotopic (exact) mass is 615 g/mol. The van der Waals surface area contributed by atoms with Gasteiger partial charge in [-0.05, 0) is 75.0 Å². The lowest BCUT2D eigenvalue weighted by Gasteiger charge is -2.23. The Hall–Kier alpha value is -2.41. The van der Waals surface area contributed by atoms with Crippen LogP contribution in [0.5, 0.6) is 0 Å². The van der Waals surface area contributed by atoms with E-state index in [1.807, 2.05) is 13.8 Å². The number of benzene rings is 3. The van der Waals surface area contributed by atoms with Gasteiger partial charge in [0.05, 0.1) is 15.7 Å². The fourth-order valence-corrected chi connectivity index (χ4v) is 7.16. The third-order valence-electron chi connectivity index (χ3n) is 6.22. The van der Waals surface area contributed by atoms with Crippen molar-refractivity contribution in [2.24, 2.45) is 0 Å². The van der Waals surface area contributed by atoms with Crippen LogP contribution in [0.4, 0.5) is 32.0 Å². The van der Waals surface area contributed by atoms with Crippen LogP contribution in [0.25, 0.3) is 0 Å². The largest absolute Gasteiger partial charge is 0.416 e. The van der Waals surface area contributed by atoms with E-state index in [9.17, 15) is 26.3 Å². The van der Waals surface area contributed by atoms with E-state index in [0.29, 0.717) is 25.1 Å². The molecule has 1 fully saturated rings. The fourth-order valence-electron chi connectivity index (χ4n) is 4.15. The molecule has 1 heterocycles. The van der Waals surface area contributed by atoms with Gasteiger partial charge in [-0.25, -0.2) is 0 Å². The van der Waals surface area contributed by atoms with Crippen molar-refractivity contribution in [3.63, 3.8) is 0 Å². The van der Waals surface area contributed by atoms with Gasteiger partial charge in [0.1, 0.15) is 0 Å². The lowest BCUT2D eigenvalue weighted by atomic mass is 10.1. The lowest BCUT2D eigenvalue weighted by Crippen LogP contribution is -2.39.